The first-order valence-electron chi connectivity index (χ1n) is 11.1. The lowest BCUT2D eigenvalue weighted by Gasteiger charge is -2.41. The van der Waals surface area contributed by atoms with Gasteiger partial charge in [-0.15, -0.1) is 0 Å². The minimum Gasteiger partial charge on any atom is -0.347 e. The summed E-state index contributed by atoms with van der Waals surface area (Å²) in [6.45, 7) is 4.60. The van der Waals surface area contributed by atoms with Crippen molar-refractivity contribution in [2.45, 2.75) is 44.8 Å². The van der Waals surface area contributed by atoms with Crippen molar-refractivity contribution in [2.24, 2.45) is 0 Å². The van der Waals surface area contributed by atoms with Crippen LogP contribution < -0.4 is 10.2 Å². The highest BCUT2D eigenvalue weighted by Gasteiger charge is 2.41. The van der Waals surface area contributed by atoms with E-state index in [0.29, 0.717) is 37.2 Å². The summed E-state index contributed by atoms with van der Waals surface area (Å²) in [7, 11) is 0. The van der Waals surface area contributed by atoms with Crippen LogP contribution in [0.25, 0.3) is 5.65 Å². The molecule has 0 spiro atoms. The third kappa shape index (κ3) is 3.89. The molecule has 2 saturated heterocycles. The summed E-state index contributed by atoms with van der Waals surface area (Å²) in [5, 5.41) is 16.8. The molecule has 2 bridgehead atoms. The Morgan fingerprint density at radius 1 is 1.22 bits per heavy atom. The normalized spacial score (nSPS) is 20.0. The number of carbonyl (C=O) groups excluding carboxylic acids is 1. The van der Waals surface area contributed by atoms with Crippen molar-refractivity contribution in [2.75, 3.05) is 24.5 Å². The quantitative estimate of drug-likeness (QED) is 0.594. The predicted molar refractivity (Wildman–Crippen MR) is 119 cm³/mol. The monoisotopic (exact) mass is 430 g/mol. The summed E-state index contributed by atoms with van der Waals surface area (Å²) in [6, 6.07) is 12.4. The molecule has 0 saturated carbocycles. The Kier molecular flexibility index (Phi) is 5.45. The van der Waals surface area contributed by atoms with Gasteiger partial charge in [-0.05, 0) is 44.0 Å². The van der Waals surface area contributed by atoms with Gasteiger partial charge in [0.1, 0.15) is 17.7 Å². The van der Waals surface area contributed by atoms with Crippen LogP contribution in [0.4, 0.5) is 5.82 Å². The summed E-state index contributed by atoms with van der Waals surface area (Å²) in [6.07, 6.45) is 4.23. The molecule has 3 aromatic rings. The molecule has 164 valence electrons. The molecule has 2 aliphatic rings. The van der Waals surface area contributed by atoms with Gasteiger partial charge >= 0.3 is 0 Å². The number of likely N-dealkylation sites (tertiary alicyclic amines) is 1. The molecule has 9 heteroatoms. The van der Waals surface area contributed by atoms with Crippen LogP contribution in [-0.4, -0.2) is 62.1 Å². The van der Waals surface area contributed by atoms with Gasteiger partial charge in [-0.25, -0.2) is 14.5 Å². The van der Waals surface area contributed by atoms with Gasteiger partial charge in [-0.3, -0.25) is 4.79 Å². The molecular weight excluding hydrogens is 404 g/mol. The van der Waals surface area contributed by atoms with E-state index in [1.165, 1.54) is 0 Å². The van der Waals surface area contributed by atoms with Crippen molar-refractivity contribution in [1.82, 2.24) is 29.8 Å². The van der Waals surface area contributed by atoms with Crippen LogP contribution in [-0.2, 0) is 11.3 Å². The van der Waals surface area contributed by atoms with E-state index in [1.807, 2.05) is 46.7 Å². The molecule has 2 fully saturated rings. The molecule has 2 aliphatic heterocycles. The Morgan fingerprint density at radius 3 is 2.75 bits per heavy atom. The first kappa shape index (κ1) is 20.4. The lowest BCUT2D eigenvalue weighted by atomic mass is 10.1. The smallest absolute Gasteiger partial charge is 0.223 e. The number of pyridine rings is 2. The molecule has 2 atom stereocenters. The Bertz CT molecular complexity index is 1150. The number of aromatic nitrogens is 4. The molecule has 32 heavy (non-hydrogen) atoms. The van der Waals surface area contributed by atoms with Crippen LogP contribution >= 0.6 is 0 Å². The molecule has 9 nitrogen and oxygen atoms in total. The number of hydrogen-bond donors (Lipinski definition) is 1. The number of anilines is 1. The highest BCUT2D eigenvalue weighted by Crippen LogP contribution is 2.34. The van der Waals surface area contributed by atoms with Crippen molar-refractivity contribution < 1.29 is 4.79 Å². The number of rotatable bonds is 6. The number of nitrogens with zero attached hydrogens (tertiary/aromatic N) is 7. The molecule has 1 amide bonds. The van der Waals surface area contributed by atoms with Gasteiger partial charge < -0.3 is 15.1 Å². The third-order valence-corrected chi connectivity index (χ3v) is 6.34. The molecular formula is C23H26N8O. The van der Waals surface area contributed by atoms with Crippen LogP contribution in [0.2, 0.25) is 0 Å². The highest BCUT2D eigenvalue weighted by molar-refractivity contribution is 5.77. The predicted octanol–water partition coefficient (Wildman–Crippen LogP) is 1.66. The first-order valence-corrected chi connectivity index (χ1v) is 11.1. The minimum absolute atomic E-state index is 0.191. The molecule has 0 radical (unpaired) electrons. The zero-order valence-corrected chi connectivity index (χ0v) is 18.1. The minimum atomic E-state index is 0.191. The summed E-state index contributed by atoms with van der Waals surface area (Å²) in [5.74, 6) is 1.84. The zero-order valence-electron chi connectivity index (χ0n) is 18.1. The maximum absolute atomic E-state index is 12.9. The van der Waals surface area contributed by atoms with Gasteiger partial charge in [-0.1, -0.05) is 6.07 Å². The number of nitrogens with one attached hydrogen (secondary N) is 1. The number of fused-ring (bicyclic) bond motifs is 3. The van der Waals surface area contributed by atoms with Crippen LogP contribution in [0.3, 0.4) is 0 Å². The van der Waals surface area contributed by atoms with Crippen molar-refractivity contribution in [1.29, 1.82) is 5.26 Å². The van der Waals surface area contributed by atoms with E-state index in [-0.39, 0.29) is 5.91 Å². The molecule has 2 unspecified atom stereocenters. The van der Waals surface area contributed by atoms with Crippen molar-refractivity contribution in [3.63, 3.8) is 0 Å². The second-order valence-corrected chi connectivity index (χ2v) is 8.48. The van der Waals surface area contributed by atoms with Crippen molar-refractivity contribution >= 4 is 17.4 Å². The number of hydrogen-bond acceptors (Lipinski definition) is 7. The average molecular weight is 431 g/mol. The number of aryl methyl sites for hydroxylation is 1. The average Bonchev–Trinajstić information content (AvgIpc) is 3.32. The van der Waals surface area contributed by atoms with Gasteiger partial charge in [0.2, 0.25) is 5.91 Å². The van der Waals surface area contributed by atoms with Gasteiger partial charge in [0, 0.05) is 50.9 Å². The Labute approximate surface area is 186 Å². The second kappa shape index (κ2) is 8.55. The second-order valence-electron chi connectivity index (χ2n) is 8.48. The maximum atomic E-state index is 12.9. The molecule has 0 aromatic carbocycles. The van der Waals surface area contributed by atoms with E-state index in [1.54, 1.807) is 6.20 Å². The Hall–Kier alpha value is -3.51. The molecule has 1 N–H and O–H groups in total. The summed E-state index contributed by atoms with van der Waals surface area (Å²) >= 11 is 0. The lowest BCUT2D eigenvalue weighted by molar-refractivity contribution is -0.132. The van der Waals surface area contributed by atoms with Crippen LogP contribution in [0.1, 0.15) is 36.3 Å². The van der Waals surface area contributed by atoms with E-state index in [9.17, 15) is 4.79 Å². The number of piperazine rings is 1. The first-order chi connectivity index (χ1) is 15.6. The van der Waals surface area contributed by atoms with Gasteiger partial charge in [0.05, 0.1) is 11.3 Å². The lowest BCUT2D eigenvalue weighted by Crippen LogP contribution is -2.56. The van der Waals surface area contributed by atoms with E-state index in [2.05, 4.69) is 31.4 Å². The number of carbonyl (C=O) groups is 1. The number of amides is 1. The fraction of sp³-hybridized carbons (Fsp3) is 0.435. The van der Waals surface area contributed by atoms with Crippen molar-refractivity contribution in [3.05, 3.63) is 53.6 Å². The molecule has 5 rings (SSSR count). The van der Waals surface area contributed by atoms with Crippen LogP contribution in [0.5, 0.6) is 0 Å². The largest absolute Gasteiger partial charge is 0.347 e. The van der Waals surface area contributed by atoms with Gasteiger partial charge in [-0.2, -0.15) is 10.4 Å². The molecule has 0 aliphatic carbocycles. The van der Waals surface area contributed by atoms with E-state index in [0.717, 1.165) is 48.9 Å². The topological polar surface area (TPSA) is 102 Å². The fourth-order valence-corrected chi connectivity index (χ4v) is 4.86. The highest BCUT2D eigenvalue weighted by atomic mass is 16.2. The van der Waals surface area contributed by atoms with E-state index < -0.39 is 0 Å². The van der Waals surface area contributed by atoms with Crippen LogP contribution in [0.15, 0.2) is 36.5 Å². The molecule has 5 heterocycles. The SMILES string of the molecule is Cc1nc2cccc(CNCCC(=O)N3CC4CCC(C3)N4c3ccc(C#N)cn3)n2n1. The van der Waals surface area contributed by atoms with Crippen molar-refractivity contribution in [3.8, 4) is 6.07 Å². The Morgan fingerprint density at radius 2 is 2.03 bits per heavy atom. The Balaban J connectivity index is 1.14. The van der Waals surface area contributed by atoms with Gasteiger partial charge in [0.15, 0.2) is 5.65 Å². The standard InChI is InChI=1S/C23H26N8O/c1-16-27-22-4-2-3-18(31(22)28-16)13-25-10-9-23(32)29-14-19-6-7-20(15-29)30(19)21-8-5-17(11-24)12-26-21/h2-5,8,12,19-20,25H,6-7,9-10,13-15H2,1H3. The maximum Gasteiger partial charge on any atom is 0.223 e. The summed E-state index contributed by atoms with van der Waals surface area (Å²) in [4.78, 5) is 26.1. The summed E-state index contributed by atoms with van der Waals surface area (Å²) in [5.41, 5.74) is 2.43. The van der Waals surface area contributed by atoms with Crippen LogP contribution in [0, 0.1) is 18.3 Å². The third-order valence-electron chi connectivity index (χ3n) is 6.34. The number of nitriles is 1. The summed E-state index contributed by atoms with van der Waals surface area (Å²) < 4.78 is 1.85. The molecule has 3 aromatic heterocycles. The van der Waals surface area contributed by atoms with E-state index in [4.69, 9.17) is 5.26 Å². The fourth-order valence-electron chi connectivity index (χ4n) is 4.86. The van der Waals surface area contributed by atoms with E-state index >= 15 is 0 Å². The van der Waals surface area contributed by atoms with Gasteiger partial charge in [0.25, 0.3) is 0 Å². The zero-order chi connectivity index (χ0) is 22.1.